The van der Waals surface area contributed by atoms with Crippen LogP contribution in [-0.4, -0.2) is 29.0 Å². The molecule has 2 aliphatic rings. The molecule has 1 saturated carbocycles. The van der Waals surface area contributed by atoms with Gasteiger partial charge in [-0.2, -0.15) is 0 Å². The summed E-state index contributed by atoms with van der Waals surface area (Å²) in [6.07, 6.45) is 4.59. The van der Waals surface area contributed by atoms with Crippen molar-refractivity contribution in [2.45, 2.75) is 44.6 Å². The van der Waals surface area contributed by atoms with E-state index in [-0.39, 0.29) is 5.92 Å². The van der Waals surface area contributed by atoms with Crippen LogP contribution in [0.1, 0.15) is 43.2 Å². The summed E-state index contributed by atoms with van der Waals surface area (Å²) in [5, 5.41) is 10.8. The van der Waals surface area contributed by atoms with E-state index in [4.69, 9.17) is 0 Å². The lowest BCUT2D eigenvalue weighted by molar-refractivity contribution is -0.142. The number of piperidine rings is 1. The van der Waals surface area contributed by atoms with Crippen LogP contribution in [0.15, 0.2) is 24.3 Å². The van der Waals surface area contributed by atoms with Crippen molar-refractivity contribution in [2.75, 3.05) is 13.1 Å². The number of rotatable bonds is 2. The van der Waals surface area contributed by atoms with Crippen LogP contribution >= 0.6 is 0 Å². The zero-order valence-electron chi connectivity index (χ0n) is 12.1. The minimum atomic E-state index is -0.761. The van der Waals surface area contributed by atoms with Crippen LogP contribution in [0, 0.1) is 12.8 Å². The van der Waals surface area contributed by atoms with Crippen LogP contribution in [0.3, 0.4) is 0 Å². The first-order valence-corrected chi connectivity index (χ1v) is 7.67. The van der Waals surface area contributed by atoms with Crippen LogP contribution in [-0.2, 0) is 10.4 Å². The summed E-state index contributed by atoms with van der Waals surface area (Å²) in [5.74, 6) is 0.572. The van der Waals surface area contributed by atoms with Gasteiger partial charge in [0.25, 0.3) is 0 Å². The first kappa shape index (κ1) is 13.6. The van der Waals surface area contributed by atoms with Crippen LogP contribution in [0.25, 0.3) is 0 Å². The molecule has 3 heteroatoms. The highest BCUT2D eigenvalue weighted by atomic mass is 16.3. The van der Waals surface area contributed by atoms with Gasteiger partial charge in [0.1, 0.15) is 0 Å². The van der Waals surface area contributed by atoms with Crippen LogP contribution in [0.5, 0.6) is 0 Å². The Labute approximate surface area is 120 Å². The van der Waals surface area contributed by atoms with E-state index in [0.717, 1.165) is 18.4 Å². The lowest BCUT2D eigenvalue weighted by Crippen LogP contribution is -2.48. The Balaban J connectivity index is 1.66. The van der Waals surface area contributed by atoms with E-state index in [0.29, 0.717) is 31.8 Å². The maximum absolute atomic E-state index is 12.2. The van der Waals surface area contributed by atoms with Gasteiger partial charge in [-0.1, -0.05) is 36.2 Å². The fourth-order valence-corrected chi connectivity index (χ4v) is 3.23. The maximum atomic E-state index is 12.2. The smallest absolute Gasteiger partial charge is 0.225 e. The number of hydrogen-bond donors (Lipinski definition) is 1. The number of amides is 1. The molecule has 0 unspecified atom stereocenters. The van der Waals surface area contributed by atoms with Gasteiger partial charge in [0.2, 0.25) is 5.91 Å². The van der Waals surface area contributed by atoms with Crippen molar-refractivity contribution >= 4 is 5.91 Å². The molecule has 0 atom stereocenters. The molecular formula is C17H23NO2. The Morgan fingerprint density at radius 1 is 1.30 bits per heavy atom. The molecule has 1 heterocycles. The van der Waals surface area contributed by atoms with Gasteiger partial charge >= 0.3 is 0 Å². The predicted molar refractivity (Wildman–Crippen MR) is 78.2 cm³/mol. The SMILES string of the molecule is Cc1cccc(C2(O)CCN(C(=O)C3CCC3)CC2)c1. The fraction of sp³-hybridized carbons (Fsp3) is 0.588. The number of aliphatic hydroxyl groups is 1. The molecule has 3 nitrogen and oxygen atoms in total. The number of carbonyl (C=O) groups is 1. The molecular weight excluding hydrogens is 250 g/mol. The van der Waals surface area contributed by atoms with Crippen molar-refractivity contribution < 1.29 is 9.90 Å². The molecule has 1 aromatic rings. The number of nitrogens with zero attached hydrogens (tertiary/aromatic N) is 1. The highest BCUT2D eigenvalue weighted by Gasteiger charge is 2.38. The van der Waals surface area contributed by atoms with Gasteiger partial charge < -0.3 is 10.0 Å². The Kier molecular flexibility index (Phi) is 3.55. The molecule has 2 fully saturated rings. The van der Waals surface area contributed by atoms with Gasteiger partial charge in [-0.05, 0) is 38.2 Å². The average Bonchev–Trinajstić information content (AvgIpc) is 2.37. The number of carbonyl (C=O) groups excluding carboxylic acids is 1. The van der Waals surface area contributed by atoms with Gasteiger partial charge in [0.05, 0.1) is 5.60 Å². The molecule has 0 spiro atoms. The second kappa shape index (κ2) is 5.21. The van der Waals surface area contributed by atoms with Gasteiger partial charge in [0.15, 0.2) is 0 Å². The third kappa shape index (κ3) is 2.47. The molecule has 0 bridgehead atoms. The predicted octanol–water partition coefficient (Wildman–Crippen LogP) is 2.61. The Hall–Kier alpha value is -1.35. The minimum Gasteiger partial charge on any atom is -0.385 e. The molecule has 1 saturated heterocycles. The van der Waals surface area contributed by atoms with E-state index >= 15 is 0 Å². The Bertz CT molecular complexity index is 499. The molecule has 1 N–H and O–H groups in total. The molecule has 108 valence electrons. The summed E-state index contributed by atoms with van der Waals surface area (Å²) in [7, 11) is 0. The van der Waals surface area contributed by atoms with Crippen molar-refractivity contribution in [3.63, 3.8) is 0 Å². The Morgan fingerprint density at radius 3 is 2.55 bits per heavy atom. The third-order valence-electron chi connectivity index (χ3n) is 4.91. The van der Waals surface area contributed by atoms with Gasteiger partial charge in [-0.25, -0.2) is 0 Å². The maximum Gasteiger partial charge on any atom is 0.225 e. The molecule has 1 aliphatic carbocycles. The van der Waals surface area contributed by atoms with Crippen LogP contribution < -0.4 is 0 Å². The lowest BCUT2D eigenvalue weighted by Gasteiger charge is -2.41. The Morgan fingerprint density at radius 2 is 2.00 bits per heavy atom. The van der Waals surface area contributed by atoms with Crippen molar-refractivity contribution in [3.05, 3.63) is 35.4 Å². The lowest BCUT2D eigenvalue weighted by atomic mass is 9.81. The highest BCUT2D eigenvalue weighted by molar-refractivity contribution is 5.79. The van der Waals surface area contributed by atoms with Crippen LogP contribution in [0.2, 0.25) is 0 Å². The number of hydrogen-bond acceptors (Lipinski definition) is 2. The second-order valence-electron chi connectivity index (χ2n) is 6.35. The number of aryl methyl sites for hydroxylation is 1. The summed E-state index contributed by atoms with van der Waals surface area (Å²) < 4.78 is 0. The van der Waals surface area contributed by atoms with Crippen molar-refractivity contribution in [1.29, 1.82) is 0 Å². The quantitative estimate of drug-likeness (QED) is 0.900. The van der Waals surface area contributed by atoms with E-state index in [2.05, 4.69) is 6.07 Å². The number of likely N-dealkylation sites (tertiary alicyclic amines) is 1. The second-order valence-corrected chi connectivity index (χ2v) is 6.35. The molecule has 1 aliphatic heterocycles. The van der Waals surface area contributed by atoms with Gasteiger partial charge in [-0.3, -0.25) is 4.79 Å². The van der Waals surface area contributed by atoms with Crippen molar-refractivity contribution in [1.82, 2.24) is 4.90 Å². The normalized spacial score (nSPS) is 22.4. The zero-order chi connectivity index (χ0) is 14.2. The molecule has 0 aromatic heterocycles. The molecule has 20 heavy (non-hydrogen) atoms. The van der Waals surface area contributed by atoms with Gasteiger partial charge in [-0.15, -0.1) is 0 Å². The van der Waals surface area contributed by atoms with E-state index in [9.17, 15) is 9.90 Å². The molecule has 0 radical (unpaired) electrons. The summed E-state index contributed by atoms with van der Waals surface area (Å²) in [5.41, 5.74) is 1.40. The minimum absolute atomic E-state index is 0.264. The van der Waals surface area contributed by atoms with Crippen molar-refractivity contribution in [3.8, 4) is 0 Å². The highest BCUT2D eigenvalue weighted by Crippen LogP contribution is 2.35. The number of benzene rings is 1. The largest absolute Gasteiger partial charge is 0.385 e. The van der Waals surface area contributed by atoms with E-state index in [1.807, 2.05) is 30.0 Å². The van der Waals surface area contributed by atoms with Gasteiger partial charge in [0, 0.05) is 19.0 Å². The first-order chi connectivity index (χ1) is 9.58. The summed E-state index contributed by atoms with van der Waals surface area (Å²) in [4.78, 5) is 14.2. The van der Waals surface area contributed by atoms with E-state index < -0.39 is 5.60 Å². The average molecular weight is 273 g/mol. The molecule has 1 amide bonds. The summed E-state index contributed by atoms with van der Waals surface area (Å²) >= 11 is 0. The molecule has 1 aromatic carbocycles. The first-order valence-electron chi connectivity index (χ1n) is 7.67. The third-order valence-corrected chi connectivity index (χ3v) is 4.91. The summed E-state index contributed by atoms with van der Waals surface area (Å²) in [6, 6.07) is 8.09. The van der Waals surface area contributed by atoms with Crippen LogP contribution in [0.4, 0.5) is 0 Å². The molecule has 3 rings (SSSR count). The van der Waals surface area contributed by atoms with E-state index in [1.165, 1.54) is 12.0 Å². The standard InChI is InChI=1S/C17H23NO2/c1-13-4-2-7-15(12-13)17(20)8-10-18(11-9-17)16(19)14-5-3-6-14/h2,4,7,12,14,20H,3,5-6,8-11H2,1H3. The fourth-order valence-electron chi connectivity index (χ4n) is 3.23. The van der Waals surface area contributed by atoms with E-state index in [1.54, 1.807) is 0 Å². The topological polar surface area (TPSA) is 40.5 Å². The van der Waals surface area contributed by atoms with Crippen molar-refractivity contribution in [2.24, 2.45) is 5.92 Å². The monoisotopic (exact) mass is 273 g/mol. The zero-order valence-corrected chi connectivity index (χ0v) is 12.1. The summed E-state index contributed by atoms with van der Waals surface area (Å²) in [6.45, 7) is 3.40.